The molecular weight excluding hydrogens is 246 g/mol. The summed E-state index contributed by atoms with van der Waals surface area (Å²) in [6.07, 6.45) is 4.34. The molecule has 0 saturated heterocycles. The van der Waals surface area contributed by atoms with Crippen LogP contribution in [0.3, 0.4) is 0 Å². The van der Waals surface area contributed by atoms with Crippen molar-refractivity contribution in [2.75, 3.05) is 29.6 Å². The lowest BCUT2D eigenvalue weighted by atomic mass is 10.1. The van der Waals surface area contributed by atoms with Gasteiger partial charge in [0.1, 0.15) is 0 Å². The van der Waals surface area contributed by atoms with Gasteiger partial charge in [-0.2, -0.15) is 0 Å². The fourth-order valence-electron chi connectivity index (χ4n) is 1.83. The van der Waals surface area contributed by atoms with Crippen LogP contribution in [0.15, 0.2) is 30.5 Å². The number of hydrogen-bond donors (Lipinski definition) is 2. The molecule has 0 spiro atoms. The lowest BCUT2D eigenvalue weighted by molar-refractivity contribution is 0.685. The van der Waals surface area contributed by atoms with E-state index in [9.17, 15) is 4.21 Å². The summed E-state index contributed by atoms with van der Waals surface area (Å²) in [5, 5.41) is 4.23. The Balaban J connectivity index is 2.09. The van der Waals surface area contributed by atoms with Crippen molar-refractivity contribution in [1.82, 2.24) is 4.98 Å². The maximum atomic E-state index is 10.9. The second-order valence-electron chi connectivity index (χ2n) is 4.15. The molecule has 1 heterocycles. The second-order valence-corrected chi connectivity index (χ2v) is 5.71. The SMILES string of the molecule is CS(=O)CCCNc1ccc2ncccc2c1N. The fourth-order valence-corrected chi connectivity index (χ4v) is 2.38. The molecule has 4 nitrogen and oxygen atoms in total. The van der Waals surface area contributed by atoms with Gasteiger partial charge in [-0.3, -0.25) is 9.19 Å². The van der Waals surface area contributed by atoms with Gasteiger partial charge in [0.15, 0.2) is 0 Å². The Morgan fingerprint density at radius 2 is 2.22 bits per heavy atom. The van der Waals surface area contributed by atoms with Crippen molar-refractivity contribution in [3.63, 3.8) is 0 Å². The van der Waals surface area contributed by atoms with Gasteiger partial charge in [-0.05, 0) is 30.7 Å². The summed E-state index contributed by atoms with van der Waals surface area (Å²) in [6.45, 7) is 0.773. The third-order valence-electron chi connectivity index (χ3n) is 2.75. The Labute approximate surface area is 109 Å². The van der Waals surface area contributed by atoms with E-state index in [0.717, 1.165) is 35.2 Å². The van der Waals surface area contributed by atoms with Crippen LogP contribution in [0, 0.1) is 0 Å². The van der Waals surface area contributed by atoms with Crippen molar-refractivity contribution in [2.24, 2.45) is 0 Å². The Morgan fingerprint density at radius 3 is 3.00 bits per heavy atom. The lowest BCUT2D eigenvalue weighted by Gasteiger charge is -2.10. The molecule has 2 rings (SSSR count). The van der Waals surface area contributed by atoms with E-state index in [1.54, 1.807) is 12.5 Å². The van der Waals surface area contributed by atoms with E-state index in [1.165, 1.54) is 0 Å². The van der Waals surface area contributed by atoms with Crippen LogP contribution in [0.25, 0.3) is 10.9 Å². The van der Waals surface area contributed by atoms with Gasteiger partial charge in [-0.15, -0.1) is 0 Å². The van der Waals surface area contributed by atoms with Crippen molar-refractivity contribution in [3.8, 4) is 0 Å². The summed E-state index contributed by atoms with van der Waals surface area (Å²) in [6, 6.07) is 7.73. The number of anilines is 2. The van der Waals surface area contributed by atoms with Gasteiger partial charge in [0.2, 0.25) is 0 Å². The third-order valence-corrected chi connectivity index (χ3v) is 3.61. The van der Waals surface area contributed by atoms with Crippen molar-refractivity contribution < 1.29 is 4.21 Å². The fraction of sp³-hybridized carbons (Fsp3) is 0.308. The van der Waals surface area contributed by atoms with Gasteiger partial charge in [-0.25, -0.2) is 0 Å². The molecule has 2 aromatic rings. The van der Waals surface area contributed by atoms with E-state index in [0.29, 0.717) is 5.75 Å². The number of nitrogen functional groups attached to an aromatic ring is 1. The molecule has 0 aliphatic heterocycles. The molecule has 0 saturated carbocycles. The van der Waals surface area contributed by atoms with Gasteiger partial charge in [-0.1, -0.05) is 0 Å². The predicted octanol–water partition coefficient (Wildman–Crippen LogP) is 2.00. The van der Waals surface area contributed by atoms with Gasteiger partial charge in [0.25, 0.3) is 0 Å². The van der Waals surface area contributed by atoms with E-state index >= 15 is 0 Å². The molecule has 0 fully saturated rings. The minimum Gasteiger partial charge on any atom is -0.397 e. The number of rotatable bonds is 5. The van der Waals surface area contributed by atoms with E-state index in [4.69, 9.17) is 5.73 Å². The van der Waals surface area contributed by atoms with E-state index < -0.39 is 10.8 Å². The van der Waals surface area contributed by atoms with Crippen LogP contribution in [0.5, 0.6) is 0 Å². The molecule has 0 bridgehead atoms. The minimum atomic E-state index is -0.732. The van der Waals surface area contributed by atoms with Gasteiger partial charge < -0.3 is 11.1 Å². The maximum Gasteiger partial charge on any atom is 0.0724 e. The van der Waals surface area contributed by atoms with Crippen LogP contribution >= 0.6 is 0 Å². The monoisotopic (exact) mass is 263 g/mol. The Morgan fingerprint density at radius 1 is 1.39 bits per heavy atom. The number of nitrogens with zero attached hydrogens (tertiary/aromatic N) is 1. The second kappa shape index (κ2) is 5.82. The molecule has 18 heavy (non-hydrogen) atoms. The summed E-state index contributed by atoms with van der Waals surface area (Å²) < 4.78 is 10.9. The highest BCUT2D eigenvalue weighted by Gasteiger charge is 2.04. The molecule has 3 N–H and O–H groups in total. The number of aromatic nitrogens is 1. The number of fused-ring (bicyclic) bond motifs is 1. The van der Waals surface area contributed by atoms with Crippen LogP contribution in [0.4, 0.5) is 11.4 Å². The average molecular weight is 263 g/mol. The zero-order valence-corrected chi connectivity index (χ0v) is 11.2. The zero-order valence-electron chi connectivity index (χ0n) is 10.3. The quantitative estimate of drug-likeness (QED) is 0.639. The molecule has 0 amide bonds. The summed E-state index contributed by atoms with van der Waals surface area (Å²) in [5.41, 5.74) is 8.63. The molecule has 0 radical (unpaired) electrons. The Bertz CT molecular complexity index is 571. The normalized spacial score (nSPS) is 12.5. The molecule has 1 aromatic carbocycles. The Hall–Kier alpha value is -1.62. The molecule has 1 aromatic heterocycles. The highest BCUT2D eigenvalue weighted by atomic mass is 32.2. The van der Waals surface area contributed by atoms with Gasteiger partial charge in [0.05, 0.1) is 16.9 Å². The van der Waals surface area contributed by atoms with Crippen LogP contribution < -0.4 is 11.1 Å². The molecule has 96 valence electrons. The first kappa shape index (κ1) is 12.8. The molecule has 1 atom stereocenters. The molecule has 0 aliphatic carbocycles. The zero-order chi connectivity index (χ0) is 13.0. The smallest absolute Gasteiger partial charge is 0.0724 e. The summed E-state index contributed by atoms with van der Waals surface area (Å²) in [4.78, 5) is 4.25. The van der Waals surface area contributed by atoms with Crippen LogP contribution in [-0.4, -0.2) is 27.7 Å². The first-order valence-electron chi connectivity index (χ1n) is 5.85. The number of nitrogens with two attached hydrogens (primary N) is 1. The average Bonchev–Trinajstić information content (AvgIpc) is 2.37. The number of nitrogens with one attached hydrogen (secondary N) is 1. The third kappa shape index (κ3) is 2.98. The van der Waals surface area contributed by atoms with Gasteiger partial charge >= 0.3 is 0 Å². The van der Waals surface area contributed by atoms with Crippen LogP contribution in [0.1, 0.15) is 6.42 Å². The number of pyridine rings is 1. The molecule has 5 heteroatoms. The van der Waals surface area contributed by atoms with Crippen molar-refractivity contribution in [2.45, 2.75) is 6.42 Å². The number of benzene rings is 1. The highest BCUT2D eigenvalue weighted by Crippen LogP contribution is 2.27. The first-order chi connectivity index (χ1) is 8.68. The summed E-state index contributed by atoms with van der Waals surface area (Å²) in [5.74, 6) is 0.710. The summed E-state index contributed by atoms with van der Waals surface area (Å²) in [7, 11) is -0.732. The first-order valence-corrected chi connectivity index (χ1v) is 7.58. The highest BCUT2D eigenvalue weighted by molar-refractivity contribution is 7.84. The van der Waals surface area contributed by atoms with E-state index in [2.05, 4.69) is 10.3 Å². The van der Waals surface area contributed by atoms with Crippen LogP contribution in [-0.2, 0) is 10.8 Å². The van der Waals surface area contributed by atoms with E-state index in [-0.39, 0.29) is 0 Å². The van der Waals surface area contributed by atoms with Gasteiger partial charge in [0, 0.05) is 40.9 Å². The molecular formula is C13H17N3OS. The molecule has 0 aliphatic rings. The van der Waals surface area contributed by atoms with Crippen LogP contribution in [0.2, 0.25) is 0 Å². The largest absolute Gasteiger partial charge is 0.397 e. The Kier molecular flexibility index (Phi) is 4.15. The van der Waals surface area contributed by atoms with Crippen molar-refractivity contribution in [3.05, 3.63) is 30.5 Å². The van der Waals surface area contributed by atoms with Crippen molar-refractivity contribution >= 4 is 33.1 Å². The maximum absolute atomic E-state index is 10.9. The van der Waals surface area contributed by atoms with E-state index in [1.807, 2.05) is 24.3 Å². The van der Waals surface area contributed by atoms with Crippen molar-refractivity contribution in [1.29, 1.82) is 0 Å². The molecule has 1 unspecified atom stereocenters. The predicted molar refractivity (Wildman–Crippen MR) is 78.2 cm³/mol. The number of hydrogen-bond acceptors (Lipinski definition) is 4. The standard InChI is InChI=1S/C13H17N3OS/c1-18(17)9-3-8-16-12-6-5-11-10(13(12)14)4-2-7-15-11/h2,4-7,16H,3,8-9,14H2,1H3. The minimum absolute atomic E-state index is 0.710. The summed E-state index contributed by atoms with van der Waals surface area (Å²) >= 11 is 0. The topological polar surface area (TPSA) is 68.0 Å². The lowest BCUT2D eigenvalue weighted by Crippen LogP contribution is -2.07.